The molecule has 1 aromatic carbocycles. The van der Waals surface area contributed by atoms with Crippen LogP contribution in [0.5, 0.6) is 0 Å². The minimum absolute atomic E-state index is 0.0519. The molecule has 102 valence electrons. The summed E-state index contributed by atoms with van der Waals surface area (Å²) in [6, 6.07) is 8.09. The summed E-state index contributed by atoms with van der Waals surface area (Å²) in [6.07, 6.45) is 2.98. The molecule has 2 aliphatic rings. The first-order valence-corrected chi connectivity index (χ1v) is 7.70. The molecule has 19 heavy (non-hydrogen) atoms. The highest BCUT2D eigenvalue weighted by atomic mass is 79.9. The Labute approximate surface area is 126 Å². The van der Waals surface area contributed by atoms with Crippen molar-refractivity contribution in [3.63, 3.8) is 0 Å². The van der Waals surface area contributed by atoms with Crippen LogP contribution in [-0.2, 0) is 11.4 Å². The number of piperidine rings is 1. The molecule has 0 aromatic heterocycles. The van der Waals surface area contributed by atoms with Crippen LogP contribution in [0, 0.1) is 0 Å². The largest absolute Gasteiger partial charge is 0.388 e. The van der Waals surface area contributed by atoms with E-state index in [9.17, 15) is 0 Å². The Morgan fingerprint density at radius 2 is 2.16 bits per heavy atom. The Bertz CT molecular complexity index is 498. The number of halogens is 2. The van der Waals surface area contributed by atoms with Crippen molar-refractivity contribution >= 4 is 32.2 Å². The van der Waals surface area contributed by atoms with Crippen LogP contribution in [-0.4, -0.2) is 28.2 Å². The van der Waals surface area contributed by atoms with Crippen molar-refractivity contribution in [1.82, 2.24) is 4.90 Å². The van der Waals surface area contributed by atoms with Crippen LogP contribution in [0.15, 0.2) is 29.4 Å². The second-order valence-electron chi connectivity index (χ2n) is 5.32. The maximum atomic E-state index is 6.02. The summed E-state index contributed by atoms with van der Waals surface area (Å²) >= 11 is 9.44. The summed E-state index contributed by atoms with van der Waals surface area (Å²) in [4.78, 5) is 8.06. The van der Waals surface area contributed by atoms with Crippen molar-refractivity contribution in [3.8, 4) is 0 Å². The van der Waals surface area contributed by atoms with E-state index in [4.69, 9.17) is 16.4 Å². The molecule has 0 unspecified atom stereocenters. The Morgan fingerprint density at radius 1 is 1.37 bits per heavy atom. The monoisotopic (exact) mass is 342 g/mol. The molecule has 1 aromatic rings. The molecule has 0 atom stereocenters. The van der Waals surface area contributed by atoms with E-state index in [-0.39, 0.29) is 5.60 Å². The van der Waals surface area contributed by atoms with Crippen LogP contribution < -0.4 is 0 Å². The molecule has 3 rings (SSSR count). The number of rotatable bonds is 2. The Balaban J connectivity index is 1.56. The van der Waals surface area contributed by atoms with E-state index in [1.165, 1.54) is 5.56 Å². The molecule has 3 nitrogen and oxygen atoms in total. The number of nitrogens with zero attached hydrogens (tertiary/aromatic N) is 2. The fraction of sp³-hybridized carbons (Fsp3) is 0.500. The molecule has 1 fully saturated rings. The molecule has 0 radical (unpaired) electrons. The first-order chi connectivity index (χ1) is 9.15. The fourth-order valence-corrected chi connectivity index (χ4v) is 3.55. The van der Waals surface area contributed by atoms with E-state index in [0.717, 1.165) is 48.5 Å². The lowest BCUT2D eigenvalue weighted by molar-refractivity contribution is -0.0627. The molecular formula is C14H16BrClN2O. The summed E-state index contributed by atoms with van der Waals surface area (Å²) in [7, 11) is 0. The molecule has 2 aliphatic heterocycles. The Hall–Kier alpha value is -0.580. The summed E-state index contributed by atoms with van der Waals surface area (Å²) in [5.41, 5.74) is 1.22. The number of hydrogen-bond acceptors (Lipinski definition) is 3. The molecule has 5 heteroatoms. The highest BCUT2D eigenvalue weighted by Crippen LogP contribution is 2.36. The van der Waals surface area contributed by atoms with Gasteiger partial charge >= 0.3 is 0 Å². The standard InChI is InChI=1S/C14H16BrClN2O/c15-13-9-14(19-17-13)4-6-18(7-5-14)10-11-2-1-3-12(16)8-11/h1-3,8H,4-7,9-10H2. The van der Waals surface area contributed by atoms with Gasteiger partial charge in [0.15, 0.2) is 0 Å². The fourth-order valence-electron chi connectivity index (χ4n) is 2.76. The van der Waals surface area contributed by atoms with E-state index in [1.807, 2.05) is 18.2 Å². The van der Waals surface area contributed by atoms with Crippen LogP contribution in [0.1, 0.15) is 24.8 Å². The zero-order chi connectivity index (χ0) is 13.3. The van der Waals surface area contributed by atoms with E-state index >= 15 is 0 Å². The molecule has 1 saturated heterocycles. The van der Waals surface area contributed by atoms with Gasteiger partial charge < -0.3 is 4.84 Å². The lowest BCUT2D eigenvalue weighted by Gasteiger charge is -2.37. The minimum atomic E-state index is -0.0519. The number of oxime groups is 1. The van der Waals surface area contributed by atoms with E-state index < -0.39 is 0 Å². The van der Waals surface area contributed by atoms with Gasteiger partial charge in [-0.2, -0.15) is 0 Å². The second kappa shape index (κ2) is 5.43. The predicted molar refractivity (Wildman–Crippen MR) is 80.8 cm³/mol. The highest BCUT2D eigenvalue weighted by molar-refractivity contribution is 9.18. The SMILES string of the molecule is Clc1cccc(CN2CCC3(CC2)CC(Br)=NO3)c1. The Morgan fingerprint density at radius 3 is 2.79 bits per heavy atom. The van der Waals surface area contributed by atoms with E-state index in [2.05, 4.69) is 32.1 Å². The number of benzene rings is 1. The summed E-state index contributed by atoms with van der Waals surface area (Å²) in [5.74, 6) is 0. The lowest BCUT2D eigenvalue weighted by Crippen LogP contribution is -2.44. The molecule has 1 spiro atoms. The topological polar surface area (TPSA) is 24.8 Å². The molecule has 2 heterocycles. The van der Waals surface area contributed by atoms with Gasteiger partial charge in [0.1, 0.15) is 10.2 Å². The van der Waals surface area contributed by atoms with Crippen LogP contribution in [0.25, 0.3) is 0 Å². The molecule has 0 amide bonds. The van der Waals surface area contributed by atoms with Crippen LogP contribution >= 0.6 is 27.5 Å². The van der Waals surface area contributed by atoms with Crippen molar-refractivity contribution in [2.75, 3.05) is 13.1 Å². The number of hydrogen-bond donors (Lipinski definition) is 0. The van der Waals surface area contributed by atoms with Crippen molar-refractivity contribution in [2.45, 2.75) is 31.4 Å². The van der Waals surface area contributed by atoms with Crippen molar-refractivity contribution in [1.29, 1.82) is 0 Å². The van der Waals surface area contributed by atoms with Gasteiger partial charge in [-0.3, -0.25) is 4.90 Å². The van der Waals surface area contributed by atoms with Crippen molar-refractivity contribution in [2.24, 2.45) is 5.16 Å². The van der Waals surface area contributed by atoms with Gasteiger partial charge in [-0.1, -0.05) is 28.9 Å². The van der Waals surface area contributed by atoms with Crippen LogP contribution in [0.2, 0.25) is 5.02 Å². The van der Waals surface area contributed by atoms with Crippen LogP contribution in [0.4, 0.5) is 0 Å². The van der Waals surface area contributed by atoms with Gasteiger partial charge in [-0.25, -0.2) is 0 Å². The smallest absolute Gasteiger partial charge is 0.146 e. The third-order valence-corrected chi connectivity index (χ3v) is 4.53. The lowest BCUT2D eigenvalue weighted by atomic mass is 9.89. The van der Waals surface area contributed by atoms with Crippen molar-refractivity contribution in [3.05, 3.63) is 34.9 Å². The summed E-state index contributed by atoms with van der Waals surface area (Å²) < 4.78 is 0.941. The van der Waals surface area contributed by atoms with Gasteiger partial charge in [0.25, 0.3) is 0 Å². The highest BCUT2D eigenvalue weighted by Gasteiger charge is 2.41. The van der Waals surface area contributed by atoms with Gasteiger partial charge in [0.05, 0.1) is 0 Å². The number of likely N-dealkylation sites (tertiary alicyclic amines) is 1. The maximum absolute atomic E-state index is 6.02. The molecule has 0 bridgehead atoms. The summed E-state index contributed by atoms with van der Waals surface area (Å²) in [5, 5.41) is 4.84. The first-order valence-electron chi connectivity index (χ1n) is 6.53. The maximum Gasteiger partial charge on any atom is 0.146 e. The molecule has 0 N–H and O–H groups in total. The molecule has 0 aliphatic carbocycles. The van der Waals surface area contributed by atoms with Gasteiger partial charge in [0, 0.05) is 43.9 Å². The van der Waals surface area contributed by atoms with Crippen LogP contribution in [0.3, 0.4) is 0 Å². The Kier molecular flexibility index (Phi) is 3.83. The second-order valence-corrected chi connectivity index (χ2v) is 6.68. The average molecular weight is 344 g/mol. The first kappa shape index (κ1) is 13.4. The van der Waals surface area contributed by atoms with E-state index in [1.54, 1.807) is 0 Å². The quantitative estimate of drug-likeness (QED) is 0.816. The normalized spacial score (nSPS) is 22.3. The van der Waals surface area contributed by atoms with E-state index in [0.29, 0.717) is 0 Å². The predicted octanol–water partition coefficient (Wildman–Crippen LogP) is 3.80. The van der Waals surface area contributed by atoms with Gasteiger partial charge in [-0.05, 0) is 33.6 Å². The average Bonchev–Trinajstić information content (AvgIpc) is 2.74. The summed E-state index contributed by atoms with van der Waals surface area (Å²) in [6.45, 7) is 3.04. The zero-order valence-corrected chi connectivity index (χ0v) is 13.0. The third-order valence-electron chi connectivity index (χ3n) is 3.87. The van der Waals surface area contributed by atoms with Crippen molar-refractivity contribution < 1.29 is 4.84 Å². The minimum Gasteiger partial charge on any atom is -0.388 e. The molecular weight excluding hydrogens is 328 g/mol. The third kappa shape index (κ3) is 3.12. The molecule has 0 saturated carbocycles. The van der Waals surface area contributed by atoms with Gasteiger partial charge in [-0.15, -0.1) is 0 Å². The van der Waals surface area contributed by atoms with Gasteiger partial charge in [0.2, 0.25) is 0 Å². The zero-order valence-electron chi connectivity index (χ0n) is 10.6.